The molecule has 0 aromatic carbocycles. The van der Waals surface area contributed by atoms with Crippen molar-refractivity contribution < 1.29 is 20.2 Å². The first-order valence-corrected chi connectivity index (χ1v) is 15.8. The molecule has 222 valence electrons. The summed E-state index contributed by atoms with van der Waals surface area (Å²) in [6, 6.07) is 0. The van der Waals surface area contributed by atoms with Crippen LogP contribution < -0.4 is 0 Å². The number of oxime groups is 1. The maximum absolute atomic E-state index is 12.4. The number of hydrogen-bond acceptors (Lipinski definition) is 4. The molecule has 3 N–H and O–H groups in total. The van der Waals surface area contributed by atoms with Crippen LogP contribution in [0.15, 0.2) is 5.16 Å². The third-order valence-electron chi connectivity index (χ3n) is 12.8. The summed E-state index contributed by atoms with van der Waals surface area (Å²) in [5.74, 6) is 2.29. The second kappa shape index (κ2) is 12.6. The Hall–Kier alpha value is -1.10. The molecule has 0 aliphatic heterocycles. The second-order valence-corrected chi connectivity index (χ2v) is 14.2. The zero-order chi connectivity index (χ0) is 29.0. The van der Waals surface area contributed by atoms with Gasteiger partial charge in [-0.2, -0.15) is 0 Å². The molecule has 5 aliphatic rings. The smallest absolute Gasteiger partial charge is 0.309 e. The van der Waals surface area contributed by atoms with Crippen molar-refractivity contribution in [2.75, 3.05) is 7.11 Å². The van der Waals surface area contributed by atoms with E-state index in [0.717, 1.165) is 51.0 Å². The molecule has 38 heavy (non-hydrogen) atoms. The fraction of sp³-hybridized carbons (Fsp3) is 0.939. The van der Waals surface area contributed by atoms with Crippen LogP contribution in [0.25, 0.3) is 0 Å². The maximum atomic E-state index is 12.4. The van der Waals surface area contributed by atoms with E-state index >= 15 is 0 Å². The summed E-state index contributed by atoms with van der Waals surface area (Å²) in [4.78, 5) is 12.4. The van der Waals surface area contributed by atoms with Crippen LogP contribution in [-0.4, -0.2) is 34.7 Å². The van der Waals surface area contributed by atoms with E-state index in [1.807, 2.05) is 20.8 Å². The van der Waals surface area contributed by atoms with Crippen molar-refractivity contribution in [2.45, 2.75) is 139 Å². The minimum atomic E-state index is -0.473. The number of aliphatic hydroxyl groups excluding tert-OH is 1. The number of aliphatic carboxylic acids is 1. The third-order valence-corrected chi connectivity index (χ3v) is 12.8. The van der Waals surface area contributed by atoms with Gasteiger partial charge in [-0.15, -0.1) is 5.16 Å². The van der Waals surface area contributed by atoms with Crippen molar-refractivity contribution in [3.8, 4) is 0 Å². The van der Waals surface area contributed by atoms with Crippen molar-refractivity contribution >= 4 is 12.2 Å². The molecule has 0 aromatic rings. The molecule has 5 rings (SSSR count). The first-order valence-electron chi connectivity index (χ1n) is 15.8. The zero-order valence-corrected chi connectivity index (χ0v) is 26.3. The Morgan fingerprint density at radius 2 is 1.45 bits per heavy atom. The van der Waals surface area contributed by atoms with Gasteiger partial charge in [0, 0.05) is 13.3 Å². The van der Waals surface area contributed by atoms with Gasteiger partial charge in [0.15, 0.2) is 0 Å². The summed E-state index contributed by atoms with van der Waals surface area (Å²) in [7, 11) is 1.00. The number of carbonyl (C=O) groups is 1. The van der Waals surface area contributed by atoms with Gasteiger partial charge in [0.1, 0.15) is 0 Å². The Morgan fingerprint density at radius 1 is 0.789 bits per heavy atom. The van der Waals surface area contributed by atoms with Crippen LogP contribution in [0, 0.1) is 50.7 Å². The first-order chi connectivity index (χ1) is 17.9. The molecule has 5 heteroatoms. The van der Waals surface area contributed by atoms with Gasteiger partial charge in [0.25, 0.3) is 0 Å². The molecule has 5 fully saturated rings. The summed E-state index contributed by atoms with van der Waals surface area (Å²) in [5, 5.41) is 27.6. The van der Waals surface area contributed by atoms with Crippen LogP contribution in [-0.2, 0) is 4.79 Å². The predicted molar refractivity (Wildman–Crippen MR) is 158 cm³/mol. The lowest BCUT2D eigenvalue weighted by Gasteiger charge is -2.72. The van der Waals surface area contributed by atoms with Crippen molar-refractivity contribution in [3.05, 3.63) is 0 Å². The fourth-order valence-corrected chi connectivity index (χ4v) is 11.1. The van der Waals surface area contributed by atoms with Crippen LogP contribution in [0.3, 0.4) is 0 Å². The highest BCUT2D eigenvalue weighted by molar-refractivity contribution is 5.76. The average molecular weight is 536 g/mol. The number of carboxylic acid groups (broad SMARTS) is 1. The van der Waals surface area contributed by atoms with Gasteiger partial charge >= 0.3 is 5.97 Å². The molecule has 0 saturated heterocycles. The highest BCUT2D eigenvalue weighted by atomic mass is 16.4. The van der Waals surface area contributed by atoms with Gasteiger partial charge in [-0.1, -0.05) is 68.2 Å². The SMILES string of the molecule is CC.CC/C=N/O.CC1(C)CCCC2(C)C1CCC1(C)C2CCC2C3CCCC3(C(=O)O)CC[C@]21C.CO. The monoisotopic (exact) mass is 535 g/mol. The number of rotatable bonds is 2. The van der Waals surface area contributed by atoms with Crippen LogP contribution in [0.4, 0.5) is 0 Å². The van der Waals surface area contributed by atoms with Gasteiger partial charge < -0.3 is 15.4 Å². The van der Waals surface area contributed by atoms with E-state index in [9.17, 15) is 9.90 Å². The molecule has 7 unspecified atom stereocenters. The summed E-state index contributed by atoms with van der Waals surface area (Å²) in [5.41, 5.74) is 1.31. The van der Waals surface area contributed by atoms with E-state index in [1.165, 1.54) is 57.6 Å². The van der Waals surface area contributed by atoms with E-state index in [2.05, 4.69) is 39.8 Å². The molecule has 0 radical (unpaired) electrons. The van der Waals surface area contributed by atoms with E-state index in [-0.39, 0.29) is 5.41 Å². The molecular weight excluding hydrogens is 474 g/mol. The van der Waals surface area contributed by atoms with Crippen molar-refractivity contribution in [3.63, 3.8) is 0 Å². The first kappa shape index (κ1) is 33.1. The number of nitrogens with zero attached hydrogens (tertiary/aromatic N) is 1. The molecule has 5 nitrogen and oxygen atoms in total. The summed E-state index contributed by atoms with van der Waals surface area (Å²) >= 11 is 0. The van der Waals surface area contributed by atoms with E-state index in [1.54, 1.807) is 0 Å². The topological polar surface area (TPSA) is 90.1 Å². The lowest BCUT2D eigenvalue weighted by atomic mass is 9.32. The number of aliphatic hydroxyl groups is 1. The average Bonchev–Trinajstić information content (AvgIpc) is 3.33. The molecule has 0 amide bonds. The molecule has 0 heterocycles. The Labute approximate surface area is 234 Å². The summed E-state index contributed by atoms with van der Waals surface area (Å²) < 4.78 is 0. The largest absolute Gasteiger partial charge is 0.481 e. The van der Waals surface area contributed by atoms with E-state index < -0.39 is 5.97 Å². The van der Waals surface area contributed by atoms with Crippen molar-refractivity contribution in [1.82, 2.24) is 0 Å². The summed E-state index contributed by atoms with van der Waals surface area (Å²) in [6.07, 6.45) is 17.2. The Kier molecular flexibility index (Phi) is 11.0. The predicted octanol–water partition coefficient (Wildman–Crippen LogP) is 8.81. The quantitative estimate of drug-likeness (QED) is 0.187. The maximum Gasteiger partial charge on any atom is 0.309 e. The highest BCUT2D eigenvalue weighted by Gasteiger charge is 2.70. The summed E-state index contributed by atoms with van der Waals surface area (Å²) in [6.45, 7) is 18.9. The van der Waals surface area contributed by atoms with Crippen molar-refractivity contribution in [2.24, 2.45) is 55.9 Å². The number of hydrogen-bond donors (Lipinski definition) is 3. The molecule has 5 saturated carbocycles. The van der Waals surface area contributed by atoms with Crippen LogP contribution in [0.2, 0.25) is 0 Å². The molecule has 0 bridgehead atoms. The lowest BCUT2D eigenvalue weighted by Crippen LogP contribution is -2.65. The normalized spacial score (nSPS) is 44.3. The Morgan fingerprint density at radius 3 is 2.00 bits per heavy atom. The standard InChI is InChI=1S/C27H44O2.C3H7NO.C2H6.CH4O/c1-23(2)12-7-13-24(3)20(23)11-15-26(5)21(24)10-9-18-19-8-6-14-27(19,22(28)29)17-16-25(18,26)4;1-2-3-4-5;2*1-2/h18-21H,6-17H2,1-5H3,(H,28,29);3,5H,2H2,1H3;1-2H3;2H,1H3/b;4-3+;;/t18?,19?,20?,21?,24?,25-,26?,27?;;;/m1.../s1. The Balaban J connectivity index is 0.000000500. The molecule has 0 aromatic heterocycles. The van der Waals surface area contributed by atoms with E-state index in [0.29, 0.717) is 33.5 Å². The van der Waals surface area contributed by atoms with Crippen LogP contribution >= 0.6 is 0 Å². The minimum Gasteiger partial charge on any atom is -0.481 e. The van der Waals surface area contributed by atoms with Gasteiger partial charge in [-0.3, -0.25) is 4.79 Å². The highest BCUT2D eigenvalue weighted by Crippen LogP contribution is 2.76. The van der Waals surface area contributed by atoms with Gasteiger partial charge in [-0.05, 0) is 116 Å². The van der Waals surface area contributed by atoms with Crippen molar-refractivity contribution in [1.29, 1.82) is 0 Å². The molecule has 8 atom stereocenters. The zero-order valence-electron chi connectivity index (χ0n) is 26.3. The number of carboxylic acids is 1. The molecule has 5 aliphatic carbocycles. The van der Waals surface area contributed by atoms with Gasteiger partial charge in [-0.25, -0.2) is 0 Å². The molecule has 0 spiro atoms. The Bertz CT molecular complexity index is 811. The fourth-order valence-electron chi connectivity index (χ4n) is 11.1. The second-order valence-electron chi connectivity index (χ2n) is 14.2. The third kappa shape index (κ3) is 5.07. The van der Waals surface area contributed by atoms with Crippen LogP contribution in [0.1, 0.15) is 139 Å². The van der Waals surface area contributed by atoms with E-state index in [4.69, 9.17) is 10.3 Å². The van der Waals surface area contributed by atoms with Gasteiger partial charge in [0.2, 0.25) is 0 Å². The van der Waals surface area contributed by atoms with Crippen LogP contribution in [0.5, 0.6) is 0 Å². The number of fused-ring (bicyclic) bond motifs is 7. The van der Waals surface area contributed by atoms with Gasteiger partial charge in [0.05, 0.1) is 5.41 Å². The minimum absolute atomic E-state index is 0.333. The lowest BCUT2D eigenvalue weighted by molar-refractivity contribution is -0.235. The molecular formula is C33H61NO4.